The van der Waals surface area contributed by atoms with Crippen LogP contribution in [0.4, 0.5) is 0 Å². The molecule has 0 aliphatic carbocycles. The summed E-state index contributed by atoms with van der Waals surface area (Å²) in [6, 6.07) is 109. The van der Waals surface area contributed by atoms with Crippen LogP contribution in [-0.2, 0) is 0 Å². The van der Waals surface area contributed by atoms with Crippen molar-refractivity contribution in [2.45, 2.75) is 0 Å². The van der Waals surface area contributed by atoms with E-state index in [0.717, 1.165) is 100 Å². The maximum absolute atomic E-state index is 2.37. The van der Waals surface area contributed by atoms with Crippen LogP contribution in [0.1, 0.15) is 55.6 Å². The van der Waals surface area contributed by atoms with Crippen LogP contribution < -0.4 is 0 Å². The Balaban J connectivity index is 1.52. The van der Waals surface area contributed by atoms with Crippen LogP contribution in [0.2, 0.25) is 0 Å². The fraction of sp³-hybridized carbons (Fsp3) is 0. The van der Waals surface area contributed by atoms with E-state index in [1.807, 2.05) is 0 Å². The molecule has 0 bridgehead atoms. The van der Waals surface area contributed by atoms with Gasteiger partial charge < -0.3 is 0 Å². The third-order valence-electron chi connectivity index (χ3n) is 12.6. The van der Waals surface area contributed by atoms with Gasteiger partial charge in [-0.25, -0.2) is 0 Å². The van der Waals surface area contributed by atoms with Crippen LogP contribution in [-0.4, -0.2) is 0 Å². The highest BCUT2D eigenvalue weighted by Gasteiger charge is 2.30. The third kappa shape index (κ3) is 10.2. The fourth-order valence-electron chi connectivity index (χ4n) is 9.42. The molecule has 70 heavy (non-hydrogen) atoms. The molecule has 0 saturated carbocycles. The van der Waals surface area contributed by atoms with Crippen LogP contribution in [0.25, 0.3) is 56.7 Å². The molecule has 10 aromatic rings. The lowest BCUT2D eigenvalue weighted by atomic mass is 9.74. The molecule has 0 aromatic heterocycles. The molecule has 0 radical (unpaired) electrons. The molecule has 0 aliphatic rings. The van der Waals surface area contributed by atoms with E-state index in [0.29, 0.717) is 0 Å². The largest absolute Gasteiger partial charge is 0.0622 e. The summed E-state index contributed by atoms with van der Waals surface area (Å²) in [4.78, 5) is 0. The van der Waals surface area contributed by atoms with Gasteiger partial charge >= 0.3 is 0 Å². The first kappa shape index (κ1) is 44.7. The van der Waals surface area contributed by atoms with Crippen molar-refractivity contribution >= 4 is 56.7 Å². The molecule has 10 rings (SSSR count). The maximum atomic E-state index is 2.37. The molecule has 0 amide bonds. The van der Waals surface area contributed by atoms with Crippen LogP contribution in [0.15, 0.2) is 303 Å². The number of benzene rings is 10. The van der Waals surface area contributed by atoms with Gasteiger partial charge in [-0.05, 0) is 112 Å². The molecule has 0 N–H and O–H groups in total. The summed E-state index contributed by atoms with van der Waals surface area (Å²) < 4.78 is 0. The van der Waals surface area contributed by atoms with Crippen LogP contribution in [0, 0.1) is 0 Å². The van der Waals surface area contributed by atoms with Gasteiger partial charge in [0, 0.05) is 0 Å². The molecular formula is C70H52. The van der Waals surface area contributed by atoms with Crippen LogP contribution >= 0.6 is 0 Å². The SMILES string of the molecule is C(=C(/C(=C(/C(=C(\C(=C(\C(=Cc1ccccc1)c1ccccc1)c1ccccc1)c1ccccc1)c1ccccc1)c1ccccc1)c1ccccc1)c1ccccc1)c1ccccc1)c1ccccc1. The van der Waals surface area contributed by atoms with E-state index in [2.05, 4.69) is 315 Å². The zero-order chi connectivity index (χ0) is 47.2. The minimum Gasteiger partial charge on any atom is -0.0622 e. The van der Waals surface area contributed by atoms with Crippen LogP contribution in [0.5, 0.6) is 0 Å². The van der Waals surface area contributed by atoms with E-state index in [1.165, 1.54) is 0 Å². The standard InChI is InChI=1S/C70H52/c1-11-31-53(32-12-1)51-63(55-35-15-3-16-36-55)65(57-39-19-5-20-40-57)67(59-43-23-7-24-44-59)69(61-47-27-9-28-48-61)70(62-49-29-10-30-50-62)68(60-45-25-8-26-46-60)66(58-41-21-6-22-42-58)64(56-37-17-4-18-38-56)52-54-33-13-2-14-34-54/h1-52H/b63-51?,64-52?,67-65+,68-66+,70-69-. The lowest BCUT2D eigenvalue weighted by molar-refractivity contribution is 1.53. The Morgan fingerprint density at radius 3 is 0.529 bits per heavy atom. The number of allylic oxidation sites excluding steroid dienone is 8. The van der Waals surface area contributed by atoms with Gasteiger partial charge in [0.2, 0.25) is 0 Å². The second-order valence-corrected chi connectivity index (χ2v) is 17.1. The van der Waals surface area contributed by atoms with E-state index in [9.17, 15) is 0 Å². The van der Waals surface area contributed by atoms with Crippen molar-refractivity contribution in [1.29, 1.82) is 0 Å². The Morgan fingerprint density at radius 1 is 0.157 bits per heavy atom. The second kappa shape index (κ2) is 22.1. The van der Waals surface area contributed by atoms with Crippen LogP contribution in [0.3, 0.4) is 0 Å². The van der Waals surface area contributed by atoms with Gasteiger partial charge in [0.05, 0.1) is 0 Å². The summed E-state index contributed by atoms with van der Waals surface area (Å²) >= 11 is 0. The van der Waals surface area contributed by atoms with E-state index >= 15 is 0 Å². The lowest BCUT2D eigenvalue weighted by Crippen LogP contribution is -2.06. The summed E-state index contributed by atoms with van der Waals surface area (Å²) in [6.45, 7) is 0. The van der Waals surface area contributed by atoms with Gasteiger partial charge in [0.1, 0.15) is 0 Å². The van der Waals surface area contributed by atoms with Gasteiger partial charge in [-0.1, -0.05) is 303 Å². The van der Waals surface area contributed by atoms with Gasteiger partial charge in [-0.15, -0.1) is 0 Å². The molecule has 0 saturated heterocycles. The summed E-state index contributed by atoms with van der Waals surface area (Å²) in [5, 5.41) is 0. The Bertz CT molecular complexity index is 3170. The highest BCUT2D eigenvalue weighted by atomic mass is 14.3. The average Bonchev–Trinajstić information content (AvgIpc) is 3.45. The first-order valence-electron chi connectivity index (χ1n) is 24.0. The zero-order valence-electron chi connectivity index (χ0n) is 39.0. The first-order chi connectivity index (χ1) is 34.8. The third-order valence-corrected chi connectivity index (χ3v) is 12.6. The normalized spacial score (nSPS) is 12.9. The Labute approximate surface area is 413 Å². The molecule has 0 unspecified atom stereocenters. The topological polar surface area (TPSA) is 0 Å². The van der Waals surface area contributed by atoms with Crippen molar-refractivity contribution in [1.82, 2.24) is 0 Å². The molecule has 0 fully saturated rings. The smallest absolute Gasteiger partial charge is 0.00139 e. The number of rotatable bonds is 14. The minimum atomic E-state index is 1.09. The Morgan fingerprint density at radius 2 is 0.314 bits per heavy atom. The molecule has 0 heteroatoms. The molecule has 0 nitrogen and oxygen atoms in total. The fourth-order valence-corrected chi connectivity index (χ4v) is 9.42. The molecule has 0 aliphatic heterocycles. The second-order valence-electron chi connectivity index (χ2n) is 17.1. The average molecular weight is 893 g/mol. The van der Waals surface area contributed by atoms with Crippen molar-refractivity contribution in [2.75, 3.05) is 0 Å². The summed E-state index contributed by atoms with van der Waals surface area (Å²) in [6.07, 6.45) is 4.73. The van der Waals surface area contributed by atoms with Gasteiger partial charge in [0.25, 0.3) is 0 Å². The van der Waals surface area contributed by atoms with Gasteiger partial charge in [-0.3, -0.25) is 0 Å². The van der Waals surface area contributed by atoms with Crippen molar-refractivity contribution in [3.8, 4) is 0 Å². The first-order valence-corrected chi connectivity index (χ1v) is 24.0. The van der Waals surface area contributed by atoms with Crippen molar-refractivity contribution < 1.29 is 0 Å². The van der Waals surface area contributed by atoms with E-state index < -0.39 is 0 Å². The molecule has 0 spiro atoms. The number of hydrogen-bond acceptors (Lipinski definition) is 0. The molecule has 0 heterocycles. The zero-order valence-corrected chi connectivity index (χ0v) is 39.0. The van der Waals surface area contributed by atoms with Crippen molar-refractivity contribution in [3.05, 3.63) is 359 Å². The van der Waals surface area contributed by atoms with Gasteiger partial charge in [0.15, 0.2) is 0 Å². The Hall–Kier alpha value is -9.10. The number of hydrogen-bond donors (Lipinski definition) is 0. The summed E-state index contributed by atoms with van der Waals surface area (Å²) in [5.41, 5.74) is 19.9. The predicted octanol–water partition coefficient (Wildman–Crippen LogP) is 18.3. The van der Waals surface area contributed by atoms with E-state index in [4.69, 9.17) is 0 Å². The lowest BCUT2D eigenvalue weighted by Gasteiger charge is -2.29. The summed E-state index contributed by atoms with van der Waals surface area (Å²) in [5.74, 6) is 0. The maximum Gasteiger partial charge on any atom is -0.00139 e. The molecule has 0 atom stereocenters. The predicted molar refractivity (Wildman–Crippen MR) is 301 cm³/mol. The highest BCUT2D eigenvalue weighted by molar-refractivity contribution is 6.38. The van der Waals surface area contributed by atoms with Gasteiger partial charge in [-0.2, -0.15) is 0 Å². The van der Waals surface area contributed by atoms with E-state index in [-0.39, 0.29) is 0 Å². The monoisotopic (exact) mass is 892 g/mol. The summed E-state index contributed by atoms with van der Waals surface area (Å²) in [7, 11) is 0. The van der Waals surface area contributed by atoms with Crippen molar-refractivity contribution in [3.63, 3.8) is 0 Å². The van der Waals surface area contributed by atoms with E-state index in [1.54, 1.807) is 0 Å². The molecule has 10 aromatic carbocycles. The minimum absolute atomic E-state index is 1.09. The van der Waals surface area contributed by atoms with Crippen molar-refractivity contribution in [2.24, 2.45) is 0 Å². The highest BCUT2D eigenvalue weighted by Crippen LogP contribution is 2.53. The Kier molecular flexibility index (Phi) is 14.1. The quantitative estimate of drug-likeness (QED) is 0.0754. The molecular weight excluding hydrogens is 841 g/mol. The molecule has 332 valence electrons.